The molecule has 0 aliphatic carbocycles. The third-order valence-electron chi connectivity index (χ3n) is 2.64. The second kappa shape index (κ2) is 4.34. The predicted molar refractivity (Wildman–Crippen MR) is 69.9 cm³/mol. The Labute approximate surface area is 100 Å². The third kappa shape index (κ3) is 2.31. The fraction of sp³-hybridized carbons (Fsp3) is 0.0667. The molecule has 2 heteroatoms. The topological polar surface area (TPSA) is 40.5 Å². The van der Waals surface area contributed by atoms with Crippen LogP contribution in [-0.4, -0.2) is 10.2 Å². The van der Waals surface area contributed by atoms with Crippen molar-refractivity contribution >= 4 is 5.57 Å². The van der Waals surface area contributed by atoms with Crippen LogP contribution in [0.2, 0.25) is 0 Å². The summed E-state index contributed by atoms with van der Waals surface area (Å²) in [5.74, 6) is 0.468. The van der Waals surface area contributed by atoms with Crippen LogP contribution >= 0.6 is 0 Å². The maximum absolute atomic E-state index is 9.50. The molecular weight excluding hydrogens is 212 g/mol. The molecule has 2 N–H and O–H groups in total. The van der Waals surface area contributed by atoms with Crippen molar-refractivity contribution in [2.45, 2.75) is 6.92 Å². The number of allylic oxidation sites excluding steroid dienone is 1. The van der Waals surface area contributed by atoms with E-state index in [0.29, 0.717) is 0 Å². The van der Waals surface area contributed by atoms with Gasteiger partial charge in [0.25, 0.3) is 0 Å². The molecule has 0 aromatic heterocycles. The molecule has 0 fully saturated rings. The number of benzene rings is 2. The van der Waals surface area contributed by atoms with Crippen molar-refractivity contribution in [3.8, 4) is 22.6 Å². The van der Waals surface area contributed by atoms with Crippen LogP contribution in [0, 0.1) is 0 Å². The van der Waals surface area contributed by atoms with E-state index >= 15 is 0 Å². The van der Waals surface area contributed by atoms with E-state index in [2.05, 4.69) is 6.58 Å². The largest absolute Gasteiger partial charge is 0.508 e. The molecule has 0 amide bonds. The standard InChI is InChI=1S/C15H14O2/c1-10(2)15-9-13(17)7-8-14(15)11-3-5-12(16)6-4-11/h3-9,16-17H,1H2,2H3. The zero-order valence-electron chi connectivity index (χ0n) is 9.64. The minimum Gasteiger partial charge on any atom is -0.508 e. The van der Waals surface area contributed by atoms with E-state index in [1.54, 1.807) is 24.3 Å². The fourth-order valence-electron chi connectivity index (χ4n) is 1.78. The van der Waals surface area contributed by atoms with Crippen molar-refractivity contribution in [3.05, 3.63) is 54.6 Å². The molecule has 0 saturated carbocycles. The quantitative estimate of drug-likeness (QED) is 0.817. The summed E-state index contributed by atoms with van der Waals surface area (Å²) in [6.07, 6.45) is 0. The Morgan fingerprint density at radius 1 is 0.941 bits per heavy atom. The fourth-order valence-corrected chi connectivity index (χ4v) is 1.78. The first-order chi connectivity index (χ1) is 8.08. The lowest BCUT2D eigenvalue weighted by molar-refractivity contribution is 0.474. The van der Waals surface area contributed by atoms with Crippen LogP contribution in [0.4, 0.5) is 0 Å². The molecule has 0 heterocycles. The summed E-state index contributed by atoms with van der Waals surface area (Å²) in [7, 11) is 0. The second-order valence-corrected chi connectivity index (χ2v) is 4.06. The molecule has 17 heavy (non-hydrogen) atoms. The van der Waals surface area contributed by atoms with Crippen molar-refractivity contribution in [2.24, 2.45) is 0 Å². The summed E-state index contributed by atoms with van der Waals surface area (Å²) in [5.41, 5.74) is 3.79. The summed E-state index contributed by atoms with van der Waals surface area (Å²) < 4.78 is 0. The van der Waals surface area contributed by atoms with Gasteiger partial charge in [0.05, 0.1) is 0 Å². The van der Waals surface area contributed by atoms with Crippen molar-refractivity contribution in [3.63, 3.8) is 0 Å². The van der Waals surface area contributed by atoms with Gasteiger partial charge in [-0.05, 0) is 47.9 Å². The smallest absolute Gasteiger partial charge is 0.116 e. The molecule has 2 rings (SSSR count). The van der Waals surface area contributed by atoms with Gasteiger partial charge in [-0.25, -0.2) is 0 Å². The molecular formula is C15H14O2. The van der Waals surface area contributed by atoms with Gasteiger partial charge >= 0.3 is 0 Å². The third-order valence-corrected chi connectivity index (χ3v) is 2.64. The van der Waals surface area contributed by atoms with Gasteiger partial charge in [-0.3, -0.25) is 0 Å². The minimum atomic E-state index is 0.227. The van der Waals surface area contributed by atoms with Crippen molar-refractivity contribution < 1.29 is 10.2 Å². The maximum Gasteiger partial charge on any atom is 0.116 e. The number of phenolic OH excluding ortho intramolecular Hbond substituents is 2. The zero-order valence-corrected chi connectivity index (χ0v) is 9.64. The first-order valence-corrected chi connectivity index (χ1v) is 5.36. The number of hydrogen-bond donors (Lipinski definition) is 2. The van der Waals surface area contributed by atoms with Gasteiger partial charge in [-0.2, -0.15) is 0 Å². The van der Waals surface area contributed by atoms with Gasteiger partial charge in [-0.15, -0.1) is 0 Å². The number of hydrogen-bond acceptors (Lipinski definition) is 2. The lowest BCUT2D eigenvalue weighted by Crippen LogP contribution is -1.86. The predicted octanol–water partition coefficient (Wildman–Crippen LogP) is 3.80. The Bertz CT molecular complexity index is 554. The highest BCUT2D eigenvalue weighted by Gasteiger charge is 2.06. The Hall–Kier alpha value is -2.22. The lowest BCUT2D eigenvalue weighted by atomic mass is 9.95. The van der Waals surface area contributed by atoms with E-state index in [1.165, 1.54) is 0 Å². The van der Waals surface area contributed by atoms with Gasteiger partial charge in [0, 0.05) is 0 Å². The molecule has 0 aliphatic rings. The maximum atomic E-state index is 9.50. The highest BCUT2D eigenvalue weighted by molar-refractivity contribution is 5.80. The molecule has 0 atom stereocenters. The van der Waals surface area contributed by atoms with Crippen molar-refractivity contribution in [1.82, 2.24) is 0 Å². The van der Waals surface area contributed by atoms with Gasteiger partial charge in [0.2, 0.25) is 0 Å². The Kier molecular flexibility index (Phi) is 2.88. The van der Waals surface area contributed by atoms with Crippen molar-refractivity contribution in [2.75, 3.05) is 0 Å². The zero-order chi connectivity index (χ0) is 12.4. The summed E-state index contributed by atoms with van der Waals surface area (Å²) in [4.78, 5) is 0. The van der Waals surface area contributed by atoms with E-state index in [4.69, 9.17) is 0 Å². The summed E-state index contributed by atoms with van der Waals surface area (Å²) >= 11 is 0. The number of rotatable bonds is 2. The van der Waals surface area contributed by atoms with Crippen LogP contribution in [0.25, 0.3) is 16.7 Å². The number of phenols is 2. The van der Waals surface area contributed by atoms with Gasteiger partial charge in [-0.1, -0.05) is 30.4 Å². The Balaban J connectivity index is 2.58. The summed E-state index contributed by atoms with van der Waals surface area (Å²) in [6.45, 7) is 5.81. The lowest BCUT2D eigenvalue weighted by Gasteiger charge is -2.10. The van der Waals surface area contributed by atoms with Gasteiger partial charge in [0.15, 0.2) is 0 Å². The average molecular weight is 226 g/mol. The molecule has 0 spiro atoms. The van der Waals surface area contributed by atoms with E-state index in [0.717, 1.165) is 22.3 Å². The van der Waals surface area contributed by atoms with Crippen molar-refractivity contribution in [1.29, 1.82) is 0 Å². The molecule has 0 radical (unpaired) electrons. The normalized spacial score (nSPS) is 10.2. The highest BCUT2D eigenvalue weighted by Crippen LogP contribution is 2.31. The van der Waals surface area contributed by atoms with E-state index < -0.39 is 0 Å². The van der Waals surface area contributed by atoms with Crippen LogP contribution in [0.3, 0.4) is 0 Å². The van der Waals surface area contributed by atoms with E-state index in [-0.39, 0.29) is 11.5 Å². The van der Waals surface area contributed by atoms with Crippen LogP contribution in [-0.2, 0) is 0 Å². The second-order valence-electron chi connectivity index (χ2n) is 4.06. The Morgan fingerprint density at radius 3 is 2.12 bits per heavy atom. The highest BCUT2D eigenvalue weighted by atomic mass is 16.3. The number of aromatic hydroxyl groups is 2. The van der Waals surface area contributed by atoms with Crippen LogP contribution in [0.15, 0.2) is 49.0 Å². The molecule has 2 aromatic rings. The first-order valence-electron chi connectivity index (χ1n) is 5.36. The molecule has 86 valence electrons. The minimum absolute atomic E-state index is 0.227. The molecule has 2 nitrogen and oxygen atoms in total. The average Bonchev–Trinajstić information content (AvgIpc) is 2.30. The monoisotopic (exact) mass is 226 g/mol. The molecule has 0 saturated heterocycles. The van der Waals surface area contributed by atoms with Crippen LogP contribution < -0.4 is 0 Å². The van der Waals surface area contributed by atoms with E-state index in [1.807, 2.05) is 25.1 Å². The summed E-state index contributed by atoms with van der Waals surface area (Å²) in [6, 6.07) is 12.2. The molecule has 2 aromatic carbocycles. The van der Waals surface area contributed by atoms with Gasteiger partial charge in [0.1, 0.15) is 11.5 Å². The molecule has 0 aliphatic heterocycles. The van der Waals surface area contributed by atoms with Crippen LogP contribution in [0.1, 0.15) is 12.5 Å². The molecule has 0 bridgehead atoms. The van der Waals surface area contributed by atoms with E-state index in [9.17, 15) is 10.2 Å². The first kappa shape index (κ1) is 11.3. The molecule has 0 unspecified atom stereocenters. The van der Waals surface area contributed by atoms with Gasteiger partial charge < -0.3 is 10.2 Å². The summed E-state index contributed by atoms with van der Waals surface area (Å²) in [5, 5.41) is 18.8. The Morgan fingerprint density at radius 2 is 1.53 bits per heavy atom. The van der Waals surface area contributed by atoms with Crippen LogP contribution in [0.5, 0.6) is 11.5 Å². The SMILES string of the molecule is C=C(C)c1cc(O)ccc1-c1ccc(O)cc1.